The second kappa shape index (κ2) is 9.60. The molecule has 1 aliphatic rings. The van der Waals surface area contributed by atoms with E-state index >= 15 is 0 Å². The molecule has 5 heteroatoms. The number of likely N-dealkylation sites (tertiary alicyclic amines) is 1. The molecule has 1 fully saturated rings. The third-order valence-electron chi connectivity index (χ3n) is 5.40. The third kappa shape index (κ3) is 5.26. The van der Waals surface area contributed by atoms with E-state index in [-0.39, 0.29) is 11.8 Å². The maximum Gasteiger partial charge on any atom is 0.223 e. The van der Waals surface area contributed by atoms with Crippen molar-refractivity contribution in [2.24, 2.45) is 5.92 Å². The molecular weight excluding hydrogens is 352 g/mol. The van der Waals surface area contributed by atoms with E-state index in [0.717, 1.165) is 38.0 Å². The number of hydrogen-bond donors (Lipinski definition) is 1. The van der Waals surface area contributed by atoms with Gasteiger partial charge in [0.25, 0.3) is 0 Å². The van der Waals surface area contributed by atoms with Crippen molar-refractivity contribution >= 4 is 5.91 Å². The summed E-state index contributed by atoms with van der Waals surface area (Å²) in [5, 5.41) is 3.07. The van der Waals surface area contributed by atoms with Crippen LogP contribution < -0.4 is 14.8 Å². The van der Waals surface area contributed by atoms with Gasteiger partial charge in [-0.25, -0.2) is 0 Å². The molecule has 0 atom stereocenters. The van der Waals surface area contributed by atoms with E-state index in [1.165, 1.54) is 11.1 Å². The van der Waals surface area contributed by atoms with Gasteiger partial charge in [0.05, 0.1) is 14.2 Å². The normalized spacial score (nSPS) is 15.2. The van der Waals surface area contributed by atoms with Gasteiger partial charge in [0, 0.05) is 19.0 Å². The first-order valence-corrected chi connectivity index (χ1v) is 9.85. The lowest BCUT2D eigenvalue weighted by Gasteiger charge is -2.31. The Morgan fingerprint density at radius 3 is 2.29 bits per heavy atom. The van der Waals surface area contributed by atoms with E-state index in [2.05, 4.69) is 41.4 Å². The smallest absolute Gasteiger partial charge is 0.223 e. The standard InChI is InChI=1S/C23H30N2O3/c1-17-4-6-18(7-5-17)16-25-12-10-20(11-13-25)23(26)24-15-19-8-9-21(27-2)22(14-19)28-3/h4-9,14,20H,10-13,15-16H2,1-3H3,(H,24,26). The monoisotopic (exact) mass is 382 g/mol. The fourth-order valence-electron chi connectivity index (χ4n) is 3.63. The van der Waals surface area contributed by atoms with Crippen LogP contribution in [0.3, 0.4) is 0 Å². The highest BCUT2D eigenvalue weighted by atomic mass is 16.5. The number of piperidine rings is 1. The van der Waals surface area contributed by atoms with Crippen LogP contribution in [0, 0.1) is 12.8 Å². The zero-order valence-electron chi connectivity index (χ0n) is 17.0. The Morgan fingerprint density at radius 1 is 1.00 bits per heavy atom. The van der Waals surface area contributed by atoms with Gasteiger partial charge in [-0.15, -0.1) is 0 Å². The van der Waals surface area contributed by atoms with Gasteiger partial charge >= 0.3 is 0 Å². The Labute approximate surface area is 167 Å². The Balaban J connectivity index is 1.45. The van der Waals surface area contributed by atoms with Gasteiger partial charge in [-0.1, -0.05) is 35.9 Å². The summed E-state index contributed by atoms with van der Waals surface area (Å²) in [6.07, 6.45) is 1.81. The van der Waals surface area contributed by atoms with Crippen LogP contribution in [0.4, 0.5) is 0 Å². The molecule has 0 aliphatic carbocycles. The molecule has 1 N–H and O–H groups in total. The number of amides is 1. The Bertz CT molecular complexity index is 781. The Kier molecular flexibility index (Phi) is 6.93. The van der Waals surface area contributed by atoms with Gasteiger partial charge in [0.1, 0.15) is 0 Å². The highest BCUT2D eigenvalue weighted by molar-refractivity contribution is 5.78. The number of hydrogen-bond acceptors (Lipinski definition) is 4. The highest BCUT2D eigenvalue weighted by Gasteiger charge is 2.24. The van der Waals surface area contributed by atoms with Crippen LogP contribution in [0.5, 0.6) is 11.5 Å². The second-order valence-corrected chi connectivity index (χ2v) is 7.44. The van der Waals surface area contributed by atoms with Crippen molar-refractivity contribution in [3.63, 3.8) is 0 Å². The average molecular weight is 383 g/mol. The number of rotatable bonds is 7. The van der Waals surface area contributed by atoms with Crippen LogP contribution >= 0.6 is 0 Å². The van der Waals surface area contributed by atoms with E-state index in [1.54, 1.807) is 14.2 Å². The summed E-state index contributed by atoms with van der Waals surface area (Å²) in [7, 11) is 3.23. The van der Waals surface area contributed by atoms with Gasteiger partial charge in [-0.05, 0) is 56.1 Å². The molecular formula is C23H30N2O3. The first-order chi connectivity index (χ1) is 13.6. The fraction of sp³-hybridized carbons (Fsp3) is 0.435. The molecule has 0 aromatic heterocycles. The SMILES string of the molecule is COc1ccc(CNC(=O)C2CCN(Cc3ccc(C)cc3)CC2)cc1OC. The zero-order valence-corrected chi connectivity index (χ0v) is 17.0. The maximum atomic E-state index is 12.6. The maximum absolute atomic E-state index is 12.6. The molecule has 0 radical (unpaired) electrons. The summed E-state index contributed by atoms with van der Waals surface area (Å²) in [5.41, 5.74) is 3.62. The molecule has 0 spiro atoms. The third-order valence-corrected chi connectivity index (χ3v) is 5.40. The molecule has 3 rings (SSSR count). The van der Waals surface area contributed by atoms with Crippen LogP contribution in [-0.2, 0) is 17.9 Å². The summed E-state index contributed by atoms with van der Waals surface area (Å²) < 4.78 is 10.6. The van der Waals surface area contributed by atoms with Gasteiger partial charge in [0.15, 0.2) is 11.5 Å². The second-order valence-electron chi connectivity index (χ2n) is 7.44. The molecule has 5 nitrogen and oxygen atoms in total. The van der Waals surface area contributed by atoms with Crippen molar-refractivity contribution < 1.29 is 14.3 Å². The minimum absolute atomic E-state index is 0.0920. The molecule has 28 heavy (non-hydrogen) atoms. The van der Waals surface area contributed by atoms with E-state index in [0.29, 0.717) is 18.0 Å². The molecule has 1 amide bonds. The first-order valence-electron chi connectivity index (χ1n) is 9.85. The number of benzene rings is 2. The van der Waals surface area contributed by atoms with Gasteiger partial charge in [-0.3, -0.25) is 9.69 Å². The lowest BCUT2D eigenvalue weighted by molar-refractivity contribution is -0.126. The van der Waals surface area contributed by atoms with Crippen LogP contribution in [-0.4, -0.2) is 38.1 Å². The molecule has 1 aliphatic heterocycles. The number of nitrogens with zero attached hydrogens (tertiary/aromatic N) is 1. The molecule has 1 heterocycles. The predicted octanol–water partition coefficient (Wildman–Crippen LogP) is 3.54. The molecule has 2 aromatic carbocycles. The molecule has 150 valence electrons. The molecule has 2 aromatic rings. The topological polar surface area (TPSA) is 50.8 Å². The average Bonchev–Trinajstić information content (AvgIpc) is 2.74. The minimum Gasteiger partial charge on any atom is -0.493 e. The summed E-state index contributed by atoms with van der Waals surface area (Å²) in [6, 6.07) is 14.4. The van der Waals surface area contributed by atoms with Crippen molar-refractivity contribution in [1.82, 2.24) is 10.2 Å². The lowest BCUT2D eigenvalue weighted by atomic mass is 9.95. The molecule has 0 saturated carbocycles. The fourth-order valence-corrected chi connectivity index (χ4v) is 3.63. The van der Waals surface area contributed by atoms with Crippen LogP contribution in [0.2, 0.25) is 0 Å². The quantitative estimate of drug-likeness (QED) is 0.796. The highest BCUT2D eigenvalue weighted by Crippen LogP contribution is 2.27. The number of nitrogens with one attached hydrogen (secondary N) is 1. The van der Waals surface area contributed by atoms with Crippen molar-refractivity contribution in [3.8, 4) is 11.5 Å². The summed E-state index contributed by atoms with van der Waals surface area (Å²) in [4.78, 5) is 15.0. The van der Waals surface area contributed by atoms with E-state index in [1.807, 2.05) is 18.2 Å². The zero-order chi connectivity index (χ0) is 19.9. The lowest BCUT2D eigenvalue weighted by Crippen LogP contribution is -2.40. The summed E-state index contributed by atoms with van der Waals surface area (Å²) in [6.45, 7) is 5.49. The molecule has 0 unspecified atom stereocenters. The van der Waals surface area contributed by atoms with Crippen molar-refractivity contribution in [2.45, 2.75) is 32.9 Å². The predicted molar refractivity (Wildman–Crippen MR) is 111 cm³/mol. The summed E-state index contributed by atoms with van der Waals surface area (Å²) >= 11 is 0. The Hall–Kier alpha value is -2.53. The van der Waals surface area contributed by atoms with Crippen LogP contribution in [0.1, 0.15) is 29.5 Å². The van der Waals surface area contributed by atoms with Gasteiger partial charge < -0.3 is 14.8 Å². The van der Waals surface area contributed by atoms with E-state index < -0.39 is 0 Å². The van der Waals surface area contributed by atoms with E-state index in [9.17, 15) is 4.79 Å². The number of methoxy groups -OCH3 is 2. The number of aryl methyl sites for hydroxylation is 1. The number of ether oxygens (including phenoxy) is 2. The number of carbonyl (C=O) groups excluding carboxylic acids is 1. The minimum atomic E-state index is 0.0920. The summed E-state index contributed by atoms with van der Waals surface area (Å²) in [5.74, 6) is 1.61. The van der Waals surface area contributed by atoms with Gasteiger partial charge in [0.2, 0.25) is 5.91 Å². The van der Waals surface area contributed by atoms with Crippen LogP contribution in [0.25, 0.3) is 0 Å². The van der Waals surface area contributed by atoms with Crippen molar-refractivity contribution in [3.05, 3.63) is 59.2 Å². The molecule has 0 bridgehead atoms. The van der Waals surface area contributed by atoms with Crippen molar-refractivity contribution in [2.75, 3.05) is 27.3 Å². The van der Waals surface area contributed by atoms with Crippen LogP contribution in [0.15, 0.2) is 42.5 Å². The number of carbonyl (C=O) groups is 1. The van der Waals surface area contributed by atoms with Gasteiger partial charge in [-0.2, -0.15) is 0 Å². The Morgan fingerprint density at radius 2 is 1.64 bits per heavy atom. The molecule has 1 saturated heterocycles. The first kappa shape index (κ1) is 20.2. The largest absolute Gasteiger partial charge is 0.493 e. The van der Waals surface area contributed by atoms with Crippen molar-refractivity contribution in [1.29, 1.82) is 0 Å². The van der Waals surface area contributed by atoms with E-state index in [4.69, 9.17) is 9.47 Å².